The van der Waals surface area contributed by atoms with Crippen LogP contribution in [0.15, 0.2) is 24.3 Å². The molecular weight excluding hydrogens is 352 g/mol. The molecule has 1 rings (SSSR count). The van der Waals surface area contributed by atoms with Gasteiger partial charge in [-0.15, -0.1) is 0 Å². The molecule has 0 aliphatic carbocycles. The van der Waals surface area contributed by atoms with Gasteiger partial charge in [-0.05, 0) is 30.5 Å². The molecule has 4 nitrogen and oxygen atoms in total. The third kappa shape index (κ3) is 11.9. The number of hydrogen-bond donors (Lipinski definition) is 0. The largest absolute Gasteiger partial charge is 0.466 e. The van der Waals surface area contributed by atoms with Crippen molar-refractivity contribution in [3.8, 4) is 0 Å². The predicted molar refractivity (Wildman–Crippen MR) is 104 cm³/mol. The first kappa shape index (κ1) is 22.5. The second-order valence-corrected chi connectivity index (χ2v) is 6.88. The second-order valence-electron chi connectivity index (χ2n) is 6.44. The molecule has 0 aliphatic heterocycles. The van der Waals surface area contributed by atoms with E-state index in [1.165, 1.54) is 25.7 Å². The molecule has 0 unspecified atom stereocenters. The highest BCUT2D eigenvalue weighted by atomic mass is 35.5. The van der Waals surface area contributed by atoms with Crippen molar-refractivity contribution in [1.82, 2.24) is 0 Å². The summed E-state index contributed by atoms with van der Waals surface area (Å²) in [7, 11) is 0. The first-order valence-corrected chi connectivity index (χ1v) is 10.0. The Morgan fingerprint density at radius 3 is 2.04 bits per heavy atom. The second kappa shape index (κ2) is 14.6. The number of esters is 2. The van der Waals surface area contributed by atoms with Gasteiger partial charge in [0.2, 0.25) is 0 Å². The van der Waals surface area contributed by atoms with Crippen LogP contribution >= 0.6 is 11.6 Å². The topological polar surface area (TPSA) is 52.6 Å². The average molecular weight is 383 g/mol. The van der Waals surface area contributed by atoms with Gasteiger partial charge >= 0.3 is 11.9 Å². The molecule has 0 fully saturated rings. The van der Waals surface area contributed by atoms with Crippen LogP contribution in [-0.4, -0.2) is 25.2 Å². The molecule has 0 aliphatic rings. The Hall–Kier alpha value is -1.55. The summed E-state index contributed by atoms with van der Waals surface area (Å²) in [6.45, 7) is 3.01. The molecule has 1 aromatic carbocycles. The van der Waals surface area contributed by atoms with E-state index in [1.54, 1.807) is 0 Å². The van der Waals surface area contributed by atoms with Crippen molar-refractivity contribution in [3.05, 3.63) is 34.9 Å². The Labute approximate surface area is 162 Å². The minimum absolute atomic E-state index is 0.229. The van der Waals surface area contributed by atoms with Crippen molar-refractivity contribution in [2.75, 3.05) is 13.2 Å². The molecule has 0 aromatic heterocycles. The van der Waals surface area contributed by atoms with Crippen LogP contribution < -0.4 is 0 Å². The standard InChI is InChI=1S/C21H31ClO4/c1-2-3-4-5-6-7-16-25-20(23)9-8-10-21(24)26-17-15-18-11-13-19(22)14-12-18/h11-14H,2-10,15-17H2,1H3. The number of carbonyl (C=O) groups is 2. The molecule has 146 valence electrons. The van der Waals surface area contributed by atoms with Crippen LogP contribution in [-0.2, 0) is 25.5 Å². The Morgan fingerprint density at radius 2 is 1.38 bits per heavy atom. The molecule has 5 heteroatoms. The van der Waals surface area contributed by atoms with Gasteiger partial charge in [-0.2, -0.15) is 0 Å². The van der Waals surface area contributed by atoms with E-state index in [4.69, 9.17) is 21.1 Å². The zero-order chi connectivity index (χ0) is 19.0. The Kier molecular flexibility index (Phi) is 12.6. The molecule has 0 N–H and O–H groups in total. The fraction of sp³-hybridized carbons (Fsp3) is 0.619. The van der Waals surface area contributed by atoms with Crippen molar-refractivity contribution in [2.45, 2.75) is 71.1 Å². The van der Waals surface area contributed by atoms with Crippen molar-refractivity contribution in [3.63, 3.8) is 0 Å². The van der Waals surface area contributed by atoms with Crippen LogP contribution in [0.3, 0.4) is 0 Å². The summed E-state index contributed by atoms with van der Waals surface area (Å²) < 4.78 is 10.4. The molecule has 26 heavy (non-hydrogen) atoms. The number of ether oxygens (including phenoxy) is 2. The number of hydrogen-bond acceptors (Lipinski definition) is 4. The minimum Gasteiger partial charge on any atom is -0.466 e. The van der Waals surface area contributed by atoms with E-state index >= 15 is 0 Å². The monoisotopic (exact) mass is 382 g/mol. The third-order valence-corrected chi connectivity index (χ3v) is 4.34. The van der Waals surface area contributed by atoms with Gasteiger partial charge in [0.1, 0.15) is 0 Å². The quantitative estimate of drug-likeness (QED) is 0.315. The number of carbonyl (C=O) groups excluding carboxylic acids is 2. The summed E-state index contributed by atoms with van der Waals surface area (Å²) in [5, 5.41) is 0.689. The van der Waals surface area contributed by atoms with Gasteiger partial charge in [0.15, 0.2) is 0 Å². The summed E-state index contributed by atoms with van der Waals surface area (Å²) in [6, 6.07) is 7.46. The highest BCUT2D eigenvalue weighted by Crippen LogP contribution is 2.10. The molecular formula is C21H31ClO4. The van der Waals surface area contributed by atoms with Gasteiger partial charge in [0, 0.05) is 24.3 Å². The van der Waals surface area contributed by atoms with E-state index in [0.717, 1.165) is 18.4 Å². The zero-order valence-electron chi connectivity index (χ0n) is 15.8. The highest BCUT2D eigenvalue weighted by molar-refractivity contribution is 6.30. The number of benzene rings is 1. The van der Waals surface area contributed by atoms with E-state index in [9.17, 15) is 9.59 Å². The number of halogens is 1. The molecule has 0 atom stereocenters. The Bertz CT molecular complexity index is 513. The van der Waals surface area contributed by atoms with Crippen LogP contribution in [0.25, 0.3) is 0 Å². The van der Waals surface area contributed by atoms with Crippen molar-refractivity contribution in [2.24, 2.45) is 0 Å². The first-order chi connectivity index (χ1) is 12.6. The van der Waals surface area contributed by atoms with E-state index in [2.05, 4.69) is 6.92 Å². The predicted octanol–water partition coefficient (Wildman–Crippen LogP) is 5.50. The molecule has 1 aromatic rings. The van der Waals surface area contributed by atoms with Gasteiger partial charge in [-0.25, -0.2) is 0 Å². The van der Waals surface area contributed by atoms with Crippen LogP contribution in [0, 0.1) is 0 Å². The normalized spacial score (nSPS) is 10.5. The smallest absolute Gasteiger partial charge is 0.305 e. The summed E-state index contributed by atoms with van der Waals surface area (Å²) in [5.74, 6) is -0.504. The van der Waals surface area contributed by atoms with Gasteiger partial charge in [0.25, 0.3) is 0 Å². The molecule has 0 bridgehead atoms. The fourth-order valence-electron chi connectivity index (χ4n) is 2.52. The molecule has 0 saturated heterocycles. The van der Waals surface area contributed by atoms with Crippen LogP contribution in [0.5, 0.6) is 0 Å². The lowest BCUT2D eigenvalue weighted by Gasteiger charge is -2.06. The van der Waals surface area contributed by atoms with Gasteiger partial charge in [-0.3, -0.25) is 9.59 Å². The van der Waals surface area contributed by atoms with E-state index in [0.29, 0.717) is 31.1 Å². The summed E-state index contributed by atoms with van der Waals surface area (Å²) in [6.07, 6.45) is 8.62. The van der Waals surface area contributed by atoms with Crippen molar-refractivity contribution in [1.29, 1.82) is 0 Å². The first-order valence-electron chi connectivity index (χ1n) is 9.67. The van der Waals surface area contributed by atoms with Crippen LogP contribution in [0.2, 0.25) is 5.02 Å². The molecule has 0 radical (unpaired) electrons. The molecule has 0 amide bonds. The van der Waals surface area contributed by atoms with Crippen LogP contribution in [0.1, 0.15) is 70.3 Å². The van der Waals surface area contributed by atoms with E-state index in [1.807, 2.05) is 24.3 Å². The maximum Gasteiger partial charge on any atom is 0.305 e. The van der Waals surface area contributed by atoms with Crippen molar-refractivity contribution >= 4 is 23.5 Å². The average Bonchev–Trinajstić information content (AvgIpc) is 2.62. The van der Waals surface area contributed by atoms with Crippen molar-refractivity contribution < 1.29 is 19.1 Å². The molecule has 0 heterocycles. The third-order valence-electron chi connectivity index (χ3n) is 4.09. The highest BCUT2D eigenvalue weighted by Gasteiger charge is 2.07. The zero-order valence-corrected chi connectivity index (χ0v) is 16.6. The summed E-state index contributed by atoms with van der Waals surface area (Å²) in [4.78, 5) is 23.3. The number of rotatable bonds is 14. The van der Waals surface area contributed by atoms with Gasteiger partial charge in [-0.1, -0.05) is 62.8 Å². The lowest BCUT2D eigenvalue weighted by molar-refractivity contribution is -0.145. The van der Waals surface area contributed by atoms with Crippen LogP contribution in [0.4, 0.5) is 0 Å². The lowest BCUT2D eigenvalue weighted by atomic mass is 10.1. The summed E-state index contributed by atoms with van der Waals surface area (Å²) >= 11 is 5.82. The fourth-order valence-corrected chi connectivity index (χ4v) is 2.65. The minimum atomic E-state index is -0.275. The van der Waals surface area contributed by atoms with Gasteiger partial charge < -0.3 is 9.47 Å². The maximum absolute atomic E-state index is 11.7. The van der Waals surface area contributed by atoms with E-state index < -0.39 is 0 Å². The molecule has 0 saturated carbocycles. The van der Waals surface area contributed by atoms with Gasteiger partial charge in [0.05, 0.1) is 13.2 Å². The summed E-state index contributed by atoms with van der Waals surface area (Å²) in [5.41, 5.74) is 1.07. The lowest BCUT2D eigenvalue weighted by Crippen LogP contribution is -2.10. The Balaban J connectivity index is 1.96. The molecule has 0 spiro atoms. The SMILES string of the molecule is CCCCCCCCOC(=O)CCCC(=O)OCCc1ccc(Cl)cc1. The van der Waals surface area contributed by atoms with E-state index in [-0.39, 0.29) is 24.8 Å². The Morgan fingerprint density at radius 1 is 0.808 bits per heavy atom. The number of unbranched alkanes of at least 4 members (excludes halogenated alkanes) is 5. The maximum atomic E-state index is 11.7.